The van der Waals surface area contributed by atoms with Gasteiger partial charge in [0.15, 0.2) is 0 Å². The number of methoxy groups -OCH3 is 1. The summed E-state index contributed by atoms with van der Waals surface area (Å²) < 4.78 is 5.23. The monoisotopic (exact) mass is 278 g/mol. The second-order valence-electron chi connectivity index (χ2n) is 5.93. The molecule has 0 saturated carbocycles. The fourth-order valence-electron chi connectivity index (χ4n) is 2.57. The van der Waals surface area contributed by atoms with Crippen LogP contribution in [-0.2, 0) is 0 Å². The molecule has 3 heteroatoms. The maximum absolute atomic E-state index is 5.23. The van der Waals surface area contributed by atoms with Gasteiger partial charge in [0, 0.05) is 18.1 Å². The van der Waals surface area contributed by atoms with Crippen LogP contribution in [0.1, 0.15) is 39.3 Å². The summed E-state index contributed by atoms with van der Waals surface area (Å²) in [7, 11) is 5.94. The molecule has 0 aliphatic rings. The molecule has 3 atom stereocenters. The van der Waals surface area contributed by atoms with Gasteiger partial charge in [-0.05, 0) is 51.6 Å². The Balaban J connectivity index is 2.88. The van der Waals surface area contributed by atoms with E-state index in [0.29, 0.717) is 24.0 Å². The van der Waals surface area contributed by atoms with E-state index in [-0.39, 0.29) is 0 Å². The minimum absolute atomic E-state index is 0.312. The average Bonchev–Trinajstić information content (AvgIpc) is 2.46. The number of likely N-dealkylation sites (N-methyl/N-ethyl adjacent to an activating group) is 2. The largest absolute Gasteiger partial charge is 0.497 e. The number of hydrogen-bond donors (Lipinski definition) is 1. The Labute approximate surface area is 124 Å². The number of nitrogens with one attached hydrogen (secondary N) is 1. The molecule has 1 aromatic rings. The number of rotatable bonds is 7. The van der Waals surface area contributed by atoms with Crippen molar-refractivity contribution in [2.45, 2.75) is 45.8 Å². The van der Waals surface area contributed by atoms with Crippen LogP contribution >= 0.6 is 0 Å². The first kappa shape index (κ1) is 17.0. The fourth-order valence-corrected chi connectivity index (χ4v) is 2.57. The summed E-state index contributed by atoms with van der Waals surface area (Å²) >= 11 is 0. The van der Waals surface area contributed by atoms with Gasteiger partial charge in [-0.2, -0.15) is 0 Å². The number of ether oxygens (including phenoxy) is 1. The van der Waals surface area contributed by atoms with Crippen molar-refractivity contribution in [1.29, 1.82) is 0 Å². The lowest BCUT2D eigenvalue weighted by atomic mass is 9.96. The summed E-state index contributed by atoms with van der Waals surface area (Å²) in [6.45, 7) is 9.12. The van der Waals surface area contributed by atoms with Crippen molar-refractivity contribution < 1.29 is 4.74 Å². The molecule has 114 valence electrons. The first-order valence-electron chi connectivity index (χ1n) is 7.45. The molecule has 0 radical (unpaired) electrons. The lowest BCUT2D eigenvalue weighted by molar-refractivity contribution is 0.131. The van der Waals surface area contributed by atoms with E-state index in [1.54, 1.807) is 7.11 Å². The molecular formula is C17H30N2O. The molecule has 0 aliphatic heterocycles. The minimum atomic E-state index is 0.312. The molecule has 0 heterocycles. The van der Waals surface area contributed by atoms with Gasteiger partial charge in [-0.1, -0.05) is 26.0 Å². The maximum atomic E-state index is 5.23. The van der Waals surface area contributed by atoms with Crippen LogP contribution in [0.5, 0.6) is 5.75 Å². The van der Waals surface area contributed by atoms with Gasteiger partial charge < -0.3 is 10.1 Å². The van der Waals surface area contributed by atoms with Crippen molar-refractivity contribution in [3.63, 3.8) is 0 Å². The Morgan fingerprint density at radius 3 is 1.95 bits per heavy atom. The summed E-state index contributed by atoms with van der Waals surface area (Å²) in [6.07, 6.45) is 0. The van der Waals surface area contributed by atoms with Gasteiger partial charge in [-0.15, -0.1) is 0 Å². The van der Waals surface area contributed by atoms with Gasteiger partial charge in [-0.25, -0.2) is 0 Å². The quantitative estimate of drug-likeness (QED) is 0.828. The van der Waals surface area contributed by atoms with Crippen LogP contribution in [0, 0.1) is 5.92 Å². The van der Waals surface area contributed by atoms with E-state index in [9.17, 15) is 0 Å². The zero-order chi connectivity index (χ0) is 15.3. The number of nitrogens with zero attached hydrogens (tertiary/aromatic N) is 1. The third kappa shape index (κ3) is 3.97. The Bertz CT molecular complexity index is 388. The van der Waals surface area contributed by atoms with Crippen molar-refractivity contribution in [2.75, 3.05) is 21.2 Å². The summed E-state index contributed by atoms with van der Waals surface area (Å²) in [4.78, 5) is 2.45. The van der Waals surface area contributed by atoms with Crippen LogP contribution in [0.4, 0.5) is 0 Å². The van der Waals surface area contributed by atoms with Gasteiger partial charge >= 0.3 is 0 Å². The van der Waals surface area contributed by atoms with Crippen molar-refractivity contribution in [3.05, 3.63) is 29.8 Å². The second kappa shape index (κ2) is 7.65. The van der Waals surface area contributed by atoms with Gasteiger partial charge in [0.1, 0.15) is 5.75 Å². The van der Waals surface area contributed by atoms with Gasteiger partial charge in [-0.3, -0.25) is 4.90 Å². The Morgan fingerprint density at radius 2 is 1.55 bits per heavy atom. The third-order valence-electron chi connectivity index (χ3n) is 4.52. The lowest BCUT2D eigenvalue weighted by Gasteiger charge is -2.37. The van der Waals surface area contributed by atoms with Crippen LogP contribution in [0.3, 0.4) is 0 Å². The average molecular weight is 278 g/mol. The summed E-state index contributed by atoms with van der Waals surface area (Å²) in [5, 5.41) is 3.45. The number of hydrogen-bond acceptors (Lipinski definition) is 3. The predicted octanol–water partition coefficient (Wildman–Crippen LogP) is 3.32. The molecule has 20 heavy (non-hydrogen) atoms. The molecule has 1 rings (SSSR count). The topological polar surface area (TPSA) is 24.5 Å². The molecule has 1 N–H and O–H groups in total. The summed E-state index contributed by atoms with van der Waals surface area (Å²) in [6, 6.07) is 9.63. The van der Waals surface area contributed by atoms with Crippen LogP contribution in [0.15, 0.2) is 24.3 Å². The van der Waals surface area contributed by atoms with Crippen LogP contribution in [0.25, 0.3) is 0 Å². The Hall–Kier alpha value is -1.06. The van der Waals surface area contributed by atoms with E-state index < -0.39 is 0 Å². The predicted molar refractivity (Wildman–Crippen MR) is 86.3 cm³/mol. The highest BCUT2D eigenvalue weighted by molar-refractivity contribution is 5.29. The zero-order valence-corrected chi connectivity index (χ0v) is 14.0. The molecule has 3 unspecified atom stereocenters. The minimum Gasteiger partial charge on any atom is -0.497 e. The molecule has 0 saturated heterocycles. The van der Waals surface area contributed by atoms with E-state index in [4.69, 9.17) is 4.74 Å². The molecule has 0 fully saturated rings. The molecule has 0 aromatic heterocycles. The lowest BCUT2D eigenvalue weighted by Crippen LogP contribution is -2.45. The normalized spacial score (nSPS) is 16.2. The van der Waals surface area contributed by atoms with Crippen LogP contribution in [0.2, 0.25) is 0 Å². The molecule has 0 aliphatic carbocycles. The summed E-state index contributed by atoms with van der Waals surface area (Å²) in [5.74, 6) is 1.55. The number of benzene rings is 1. The van der Waals surface area contributed by atoms with Gasteiger partial charge in [0.05, 0.1) is 7.11 Å². The van der Waals surface area contributed by atoms with Crippen molar-refractivity contribution >= 4 is 0 Å². The van der Waals surface area contributed by atoms with E-state index >= 15 is 0 Å². The highest BCUT2D eigenvalue weighted by atomic mass is 16.5. The first-order valence-corrected chi connectivity index (χ1v) is 7.45. The second-order valence-corrected chi connectivity index (χ2v) is 5.93. The van der Waals surface area contributed by atoms with Gasteiger partial charge in [0.25, 0.3) is 0 Å². The van der Waals surface area contributed by atoms with E-state index in [1.807, 2.05) is 19.2 Å². The van der Waals surface area contributed by atoms with E-state index in [0.717, 1.165) is 5.75 Å². The first-order chi connectivity index (χ1) is 9.42. The molecule has 1 aromatic carbocycles. The molecular weight excluding hydrogens is 248 g/mol. The molecule has 3 nitrogen and oxygen atoms in total. The maximum Gasteiger partial charge on any atom is 0.118 e. The Kier molecular flexibility index (Phi) is 6.50. The van der Waals surface area contributed by atoms with E-state index in [1.165, 1.54) is 5.56 Å². The van der Waals surface area contributed by atoms with Crippen molar-refractivity contribution in [3.8, 4) is 5.75 Å². The molecule has 0 spiro atoms. The Morgan fingerprint density at radius 1 is 1.00 bits per heavy atom. The van der Waals surface area contributed by atoms with Crippen molar-refractivity contribution in [1.82, 2.24) is 10.2 Å². The van der Waals surface area contributed by atoms with E-state index in [2.05, 4.69) is 57.1 Å². The highest BCUT2D eigenvalue weighted by Crippen LogP contribution is 2.24. The molecule has 0 bridgehead atoms. The summed E-state index contributed by atoms with van der Waals surface area (Å²) in [5.41, 5.74) is 1.30. The van der Waals surface area contributed by atoms with Crippen LogP contribution < -0.4 is 10.1 Å². The van der Waals surface area contributed by atoms with Crippen molar-refractivity contribution in [2.24, 2.45) is 5.92 Å². The SMILES string of the molecule is CNC(c1ccc(OC)cc1)C(C)N(C)C(C)C(C)C. The molecule has 0 amide bonds. The zero-order valence-electron chi connectivity index (χ0n) is 14.0. The fraction of sp³-hybridized carbons (Fsp3) is 0.647. The van der Waals surface area contributed by atoms with Gasteiger partial charge in [0.2, 0.25) is 0 Å². The van der Waals surface area contributed by atoms with Crippen LogP contribution in [-0.4, -0.2) is 38.2 Å². The standard InChI is InChI=1S/C17H30N2O/c1-12(2)13(3)19(6)14(4)17(18-5)15-8-10-16(20-7)11-9-15/h8-14,17-18H,1-7H3. The smallest absolute Gasteiger partial charge is 0.118 e. The third-order valence-corrected chi connectivity index (χ3v) is 4.52. The highest BCUT2D eigenvalue weighted by Gasteiger charge is 2.25.